The molecule has 0 aromatic heterocycles. The van der Waals surface area contributed by atoms with E-state index < -0.39 is 0 Å². The number of likely N-dealkylation sites (tertiary alicyclic amines) is 1. The largest absolute Gasteiger partial charge is 0.331 e. The average molecular weight is 203 g/mol. The Hall–Kier alpha value is -1.64. The van der Waals surface area contributed by atoms with Crippen LogP contribution in [0.3, 0.4) is 0 Å². The molecule has 1 amide bonds. The van der Waals surface area contributed by atoms with Gasteiger partial charge in [-0.25, -0.2) is 0 Å². The Morgan fingerprint density at radius 2 is 1.93 bits per heavy atom. The SMILES string of the molecule is O=C1CCCN(C(=O)c2ccccc2)C1. The van der Waals surface area contributed by atoms with Crippen molar-refractivity contribution in [1.82, 2.24) is 4.90 Å². The van der Waals surface area contributed by atoms with E-state index in [0.717, 1.165) is 6.42 Å². The van der Waals surface area contributed by atoms with E-state index in [9.17, 15) is 9.59 Å². The van der Waals surface area contributed by atoms with Gasteiger partial charge in [-0.1, -0.05) is 18.2 Å². The summed E-state index contributed by atoms with van der Waals surface area (Å²) in [5, 5.41) is 0. The van der Waals surface area contributed by atoms with Gasteiger partial charge in [-0.2, -0.15) is 0 Å². The molecular weight excluding hydrogens is 190 g/mol. The number of benzene rings is 1. The second kappa shape index (κ2) is 4.26. The van der Waals surface area contributed by atoms with Crippen molar-refractivity contribution in [2.45, 2.75) is 12.8 Å². The number of Topliss-reactive ketones (excluding diaryl/α,β-unsaturated/α-hetero) is 1. The maximum atomic E-state index is 11.9. The fraction of sp³-hybridized carbons (Fsp3) is 0.333. The van der Waals surface area contributed by atoms with Crippen molar-refractivity contribution < 1.29 is 9.59 Å². The molecule has 0 unspecified atom stereocenters. The number of rotatable bonds is 1. The van der Waals surface area contributed by atoms with Gasteiger partial charge in [0.15, 0.2) is 5.78 Å². The molecule has 0 atom stereocenters. The monoisotopic (exact) mass is 203 g/mol. The van der Waals surface area contributed by atoms with Crippen molar-refractivity contribution in [3.63, 3.8) is 0 Å². The summed E-state index contributed by atoms with van der Waals surface area (Å²) in [6.45, 7) is 0.965. The summed E-state index contributed by atoms with van der Waals surface area (Å²) < 4.78 is 0. The molecule has 0 aliphatic carbocycles. The van der Waals surface area contributed by atoms with Crippen molar-refractivity contribution in [1.29, 1.82) is 0 Å². The van der Waals surface area contributed by atoms with Gasteiger partial charge in [0, 0.05) is 18.5 Å². The van der Waals surface area contributed by atoms with Crippen LogP contribution in [0.2, 0.25) is 0 Å². The normalized spacial score (nSPS) is 16.5. The second-order valence-electron chi connectivity index (χ2n) is 3.73. The lowest BCUT2D eigenvalue weighted by Crippen LogP contribution is -2.40. The summed E-state index contributed by atoms with van der Waals surface area (Å²) >= 11 is 0. The van der Waals surface area contributed by atoms with Crippen molar-refractivity contribution in [3.8, 4) is 0 Å². The third kappa shape index (κ3) is 2.24. The van der Waals surface area contributed by atoms with Gasteiger partial charge < -0.3 is 4.90 Å². The van der Waals surface area contributed by atoms with Gasteiger partial charge >= 0.3 is 0 Å². The molecule has 1 aromatic rings. The second-order valence-corrected chi connectivity index (χ2v) is 3.73. The highest BCUT2D eigenvalue weighted by Gasteiger charge is 2.21. The van der Waals surface area contributed by atoms with Crippen molar-refractivity contribution in [2.75, 3.05) is 13.1 Å². The van der Waals surface area contributed by atoms with E-state index in [1.807, 2.05) is 18.2 Å². The van der Waals surface area contributed by atoms with Crippen LogP contribution in [-0.2, 0) is 4.79 Å². The highest BCUT2D eigenvalue weighted by atomic mass is 16.2. The van der Waals surface area contributed by atoms with E-state index in [0.29, 0.717) is 18.5 Å². The minimum atomic E-state index is -0.0383. The maximum Gasteiger partial charge on any atom is 0.254 e. The molecule has 3 nitrogen and oxygen atoms in total. The van der Waals surface area contributed by atoms with E-state index in [1.165, 1.54) is 0 Å². The Balaban J connectivity index is 2.11. The Bertz CT molecular complexity index is 372. The van der Waals surface area contributed by atoms with Crippen LogP contribution in [0.1, 0.15) is 23.2 Å². The molecule has 1 aliphatic heterocycles. The first-order valence-corrected chi connectivity index (χ1v) is 5.13. The molecule has 2 rings (SSSR count). The Morgan fingerprint density at radius 3 is 2.60 bits per heavy atom. The fourth-order valence-electron chi connectivity index (χ4n) is 1.77. The zero-order chi connectivity index (χ0) is 10.7. The van der Waals surface area contributed by atoms with Crippen molar-refractivity contribution >= 4 is 11.7 Å². The molecule has 1 aliphatic rings. The lowest BCUT2D eigenvalue weighted by molar-refractivity contribution is -0.121. The van der Waals surface area contributed by atoms with Gasteiger partial charge in [-0.3, -0.25) is 9.59 Å². The zero-order valence-corrected chi connectivity index (χ0v) is 8.48. The first kappa shape index (κ1) is 9.90. The smallest absolute Gasteiger partial charge is 0.254 e. The summed E-state index contributed by atoms with van der Waals surface area (Å²) in [4.78, 5) is 24.8. The van der Waals surface area contributed by atoms with Crippen molar-refractivity contribution in [3.05, 3.63) is 35.9 Å². The van der Waals surface area contributed by atoms with Gasteiger partial charge in [0.05, 0.1) is 6.54 Å². The predicted molar refractivity (Wildman–Crippen MR) is 56.6 cm³/mol. The van der Waals surface area contributed by atoms with Crippen LogP contribution in [0.5, 0.6) is 0 Å². The van der Waals surface area contributed by atoms with Crippen LogP contribution < -0.4 is 0 Å². The van der Waals surface area contributed by atoms with E-state index >= 15 is 0 Å². The molecule has 0 bridgehead atoms. The van der Waals surface area contributed by atoms with Gasteiger partial charge in [0.25, 0.3) is 5.91 Å². The van der Waals surface area contributed by atoms with Crippen LogP contribution in [-0.4, -0.2) is 29.7 Å². The molecule has 15 heavy (non-hydrogen) atoms. The quantitative estimate of drug-likeness (QED) is 0.693. The number of amides is 1. The highest BCUT2D eigenvalue weighted by molar-refractivity contribution is 5.97. The van der Waals surface area contributed by atoms with Gasteiger partial charge in [-0.05, 0) is 18.6 Å². The molecule has 0 spiro atoms. The van der Waals surface area contributed by atoms with Crippen LogP contribution in [0.4, 0.5) is 0 Å². The Morgan fingerprint density at radius 1 is 1.20 bits per heavy atom. The first-order valence-electron chi connectivity index (χ1n) is 5.13. The van der Waals surface area contributed by atoms with Crippen molar-refractivity contribution in [2.24, 2.45) is 0 Å². The molecule has 1 heterocycles. The zero-order valence-electron chi connectivity index (χ0n) is 8.48. The van der Waals surface area contributed by atoms with Crippen LogP contribution >= 0.6 is 0 Å². The number of hydrogen-bond donors (Lipinski definition) is 0. The number of hydrogen-bond acceptors (Lipinski definition) is 2. The van der Waals surface area contributed by atoms with E-state index in [2.05, 4.69) is 0 Å². The molecule has 1 fully saturated rings. The first-order chi connectivity index (χ1) is 7.27. The molecular formula is C12H13NO2. The van der Waals surface area contributed by atoms with E-state index in [1.54, 1.807) is 17.0 Å². The predicted octanol–water partition coefficient (Wildman–Crippen LogP) is 1.49. The minimum absolute atomic E-state index is 0.0383. The lowest BCUT2D eigenvalue weighted by Gasteiger charge is -2.25. The van der Waals surface area contributed by atoms with Gasteiger partial charge in [-0.15, -0.1) is 0 Å². The third-order valence-corrected chi connectivity index (χ3v) is 2.56. The molecule has 0 radical (unpaired) electrons. The van der Waals surface area contributed by atoms with Crippen LogP contribution in [0.25, 0.3) is 0 Å². The summed E-state index contributed by atoms with van der Waals surface area (Å²) in [6, 6.07) is 9.10. The molecule has 1 aromatic carbocycles. The van der Waals surface area contributed by atoms with E-state index in [-0.39, 0.29) is 18.2 Å². The summed E-state index contributed by atoms with van der Waals surface area (Å²) in [5.74, 6) is 0.120. The molecule has 3 heteroatoms. The van der Waals surface area contributed by atoms with Gasteiger partial charge in [0.2, 0.25) is 0 Å². The third-order valence-electron chi connectivity index (χ3n) is 2.56. The Labute approximate surface area is 88.7 Å². The fourth-order valence-corrected chi connectivity index (χ4v) is 1.77. The molecule has 78 valence electrons. The number of ketones is 1. The highest BCUT2D eigenvalue weighted by Crippen LogP contribution is 2.10. The summed E-state index contributed by atoms with van der Waals surface area (Å²) in [5.41, 5.74) is 0.659. The average Bonchev–Trinajstić information content (AvgIpc) is 2.29. The molecule has 0 N–H and O–H groups in total. The minimum Gasteiger partial charge on any atom is -0.331 e. The number of carbonyl (C=O) groups excluding carboxylic acids is 2. The van der Waals surface area contributed by atoms with Gasteiger partial charge in [0.1, 0.15) is 0 Å². The summed E-state index contributed by atoms with van der Waals surface area (Å²) in [6.07, 6.45) is 1.40. The maximum absolute atomic E-state index is 11.9. The topological polar surface area (TPSA) is 37.4 Å². The molecule has 1 saturated heterocycles. The number of nitrogens with zero attached hydrogens (tertiary/aromatic N) is 1. The Kier molecular flexibility index (Phi) is 2.81. The number of carbonyl (C=O) groups is 2. The van der Waals surface area contributed by atoms with Crippen LogP contribution in [0.15, 0.2) is 30.3 Å². The standard InChI is InChI=1S/C12H13NO2/c14-11-7-4-8-13(9-11)12(15)10-5-2-1-3-6-10/h1-3,5-6H,4,7-9H2. The van der Waals surface area contributed by atoms with Crippen LogP contribution in [0, 0.1) is 0 Å². The summed E-state index contributed by atoms with van der Waals surface area (Å²) in [7, 11) is 0. The van der Waals surface area contributed by atoms with E-state index in [4.69, 9.17) is 0 Å². The lowest BCUT2D eigenvalue weighted by atomic mass is 10.1. The molecule has 0 saturated carbocycles. The number of piperidine rings is 1.